The highest BCUT2D eigenvalue weighted by atomic mass is 19.1. The van der Waals surface area contributed by atoms with Crippen molar-refractivity contribution in [3.8, 4) is 5.75 Å². The Morgan fingerprint density at radius 3 is 2.82 bits per heavy atom. The molecule has 0 heterocycles. The van der Waals surface area contributed by atoms with Crippen molar-refractivity contribution in [3.05, 3.63) is 29.3 Å². The second kappa shape index (κ2) is 4.70. The van der Waals surface area contributed by atoms with Crippen LogP contribution in [-0.4, -0.2) is 24.0 Å². The van der Waals surface area contributed by atoms with Gasteiger partial charge in [-0.15, -0.1) is 0 Å². The van der Waals surface area contributed by atoms with Crippen molar-refractivity contribution < 1.29 is 14.2 Å². The number of aliphatic hydroxyl groups excluding tert-OH is 1. The number of alkyl halides is 1. The number of benzene rings is 1. The lowest BCUT2D eigenvalue weighted by Gasteiger charge is -2.53. The Hall–Kier alpha value is -1.09. The lowest BCUT2D eigenvalue weighted by Crippen LogP contribution is -2.54. The molecule has 0 saturated heterocycles. The fraction of sp³-hybridized carbons (Fsp3) is 0.684. The molecule has 3 heteroatoms. The molecule has 0 amide bonds. The van der Waals surface area contributed by atoms with Crippen LogP contribution in [0.15, 0.2) is 18.2 Å². The van der Waals surface area contributed by atoms with E-state index in [1.54, 1.807) is 7.11 Å². The molecule has 3 aliphatic rings. The van der Waals surface area contributed by atoms with Crippen molar-refractivity contribution in [2.75, 3.05) is 7.11 Å². The van der Waals surface area contributed by atoms with Gasteiger partial charge in [0, 0.05) is 11.3 Å². The Bertz CT molecular complexity index is 601. The van der Waals surface area contributed by atoms with Gasteiger partial charge in [0.05, 0.1) is 13.2 Å². The Morgan fingerprint density at radius 1 is 1.23 bits per heavy atom. The lowest BCUT2D eigenvalue weighted by atomic mass is 9.54. The van der Waals surface area contributed by atoms with Gasteiger partial charge in [0.15, 0.2) is 0 Å². The molecule has 1 aromatic rings. The third kappa shape index (κ3) is 1.69. The summed E-state index contributed by atoms with van der Waals surface area (Å²) in [6, 6.07) is 6.26. The summed E-state index contributed by atoms with van der Waals surface area (Å²) in [6.07, 6.45) is 4.26. The van der Waals surface area contributed by atoms with Crippen LogP contribution in [0.1, 0.15) is 56.1 Å². The van der Waals surface area contributed by atoms with E-state index in [9.17, 15) is 5.11 Å². The highest BCUT2D eigenvalue weighted by Gasteiger charge is 2.65. The van der Waals surface area contributed by atoms with E-state index >= 15 is 4.39 Å². The fourth-order valence-corrected chi connectivity index (χ4v) is 5.59. The molecule has 0 unspecified atom stereocenters. The molecule has 2 saturated carbocycles. The number of rotatable bonds is 1. The summed E-state index contributed by atoms with van der Waals surface area (Å²) in [5, 5.41) is 10.3. The van der Waals surface area contributed by atoms with Crippen LogP contribution in [0.25, 0.3) is 0 Å². The Kier molecular flexibility index (Phi) is 3.10. The number of aliphatic hydroxyl groups is 1. The van der Waals surface area contributed by atoms with Gasteiger partial charge >= 0.3 is 0 Å². The van der Waals surface area contributed by atoms with Crippen molar-refractivity contribution in [2.45, 2.75) is 63.1 Å². The Morgan fingerprint density at radius 2 is 2.05 bits per heavy atom. The monoisotopic (exact) mass is 304 g/mol. The highest BCUT2D eigenvalue weighted by Crippen LogP contribution is 2.64. The van der Waals surface area contributed by atoms with E-state index in [1.165, 1.54) is 11.1 Å². The summed E-state index contributed by atoms with van der Waals surface area (Å²) in [5.74, 6) is 1.26. The van der Waals surface area contributed by atoms with E-state index < -0.39 is 17.2 Å². The number of ether oxygens (including phenoxy) is 1. The maximum Gasteiger partial charge on any atom is 0.122 e. The predicted octanol–water partition coefficient (Wildman–Crippen LogP) is 4.00. The minimum atomic E-state index is -1.20. The Balaban J connectivity index is 1.74. The maximum absolute atomic E-state index is 16.0. The second-order valence-corrected chi connectivity index (χ2v) is 7.69. The van der Waals surface area contributed by atoms with Crippen molar-refractivity contribution in [1.82, 2.24) is 0 Å². The van der Waals surface area contributed by atoms with Crippen LogP contribution in [0.3, 0.4) is 0 Å². The average Bonchev–Trinajstić information content (AvgIpc) is 2.78. The zero-order valence-electron chi connectivity index (χ0n) is 13.4. The van der Waals surface area contributed by atoms with Crippen molar-refractivity contribution in [3.63, 3.8) is 0 Å². The fourth-order valence-electron chi connectivity index (χ4n) is 5.59. The first-order valence-electron chi connectivity index (χ1n) is 8.53. The first-order valence-corrected chi connectivity index (χ1v) is 8.53. The van der Waals surface area contributed by atoms with Gasteiger partial charge < -0.3 is 9.84 Å². The zero-order chi connectivity index (χ0) is 15.5. The summed E-state index contributed by atoms with van der Waals surface area (Å²) < 4.78 is 21.3. The van der Waals surface area contributed by atoms with Crippen molar-refractivity contribution in [1.29, 1.82) is 0 Å². The third-order valence-electron chi connectivity index (χ3n) is 6.99. The molecule has 0 aromatic heterocycles. The van der Waals surface area contributed by atoms with E-state index in [0.717, 1.165) is 31.4 Å². The van der Waals surface area contributed by atoms with Crippen LogP contribution < -0.4 is 4.74 Å². The van der Waals surface area contributed by atoms with E-state index in [2.05, 4.69) is 12.1 Å². The summed E-state index contributed by atoms with van der Waals surface area (Å²) in [7, 11) is 1.69. The number of hydrogen-bond donors (Lipinski definition) is 1. The molecule has 0 aliphatic heterocycles. The molecule has 3 aliphatic carbocycles. The van der Waals surface area contributed by atoms with E-state index in [0.29, 0.717) is 18.8 Å². The molecule has 0 spiro atoms. The molecule has 1 aromatic carbocycles. The molecule has 5 atom stereocenters. The summed E-state index contributed by atoms with van der Waals surface area (Å²) in [6.45, 7) is 1.98. The number of hydrogen-bond acceptors (Lipinski definition) is 2. The van der Waals surface area contributed by atoms with E-state index in [4.69, 9.17) is 4.74 Å². The molecule has 0 bridgehead atoms. The molecule has 22 heavy (non-hydrogen) atoms. The third-order valence-corrected chi connectivity index (χ3v) is 6.99. The van der Waals surface area contributed by atoms with Crippen LogP contribution in [-0.2, 0) is 6.42 Å². The van der Waals surface area contributed by atoms with Gasteiger partial charge in [-0.25, -0.2) is 4.39 Å². The van der Waals surface area contributed by atoms with E-state index in [1.807, 2.05) is 13.0 Å². The van der Waals surface area contributed by atoms with Crippen molar-refractivity contribution in [2.24, 2.45) is 11.3 Å². The van der Waals surface area contributed by atoms with Crippen LogP contribution >= 0.6 is 0 Å². The average molecular weight is 304 g/mol. The quantitative estimate of drug-likeness (QED) is 0.849. The first-order chi connectivity index (χ1) is 10.5. The molecule has 2 nitrogen and oxygen atoms in total. The smallest absolute Gasteiger partial charge is 0.122 e. The summed E-state index contributed by atoms with van der Waals surface area (Å²) >= 11 is 0. The molecular weight excluding hydrogens is 279 g/mol. The normalized spacial score (nSPS) is 43.2. The van der Waals surface area contributed by atoms with E-state index in [-0.39, 0.29) is 5.92 Å². The number of methoxy groups -OCH3 is 1. The topological polar surface area (TPSA) is 29.5 Å². The van der Waals surface area contributed by atoms with Crippen molar-refractivity contribution >= 4 is 0 Å². The highest BCUT2D eigenvalue weighted by molar-refractivity contribution is 5.41. The van der Waals surface area contributed by atoms with Gasteiger partial charge in [-0.2, -0.15) is 0 Å². The largest absolute Gasteiger partial charge is 0.497 e. The van der Waals surface area contributed by atoms with Gasteiger partial charge in [-0.05, 0) is 67.7 Å². The maximum atomic E-state index is 16.0. The SMILES string of the molecule is COc1ccc2c(c1)CC[C@@H]1[C@@H]2CC[C@]2(C)[C@H](O)CC[C@]12F. The van der Waals surface area contributed by atoms with Gasteiger partial charge in [0.1, 0.15) is 11.4 Å². The molecule has 4 rings (SSSR count). The van der Waals surface area contributed by atoms with Crippen LogP contribution in [0, 0.1) is 11.3 Å². The number of fused-ring (bicyclic) bond motifs is 5. The number of aryl methyl sites for hydroxylation is 1. The van der Waals surface area contributed by atoms with Crippen LogP contribution in [0.4, 0.5) is 4.39 Å². The minimum Gasteiger partial charge on any atom is -0.497 e. The molecular formula is C19H25FO2. The second-order valence-electron chi connectivity index (χ2n) is 7.69. The van der Waals surface area contributed by atoms with Crippen LogP contribution in [0.5, 0.6) is 5.75 Å². The van der Waals surface area contributed by atoms with Gasteiger partial charge in [-0.3, -0.25) is 0 Å². The summed E-state index contributed by atoms with van der Waals surface area (Å²) in [4.78, 5) is 0. The molecule has 120 valence electrons. The lowest BCUT2D eigenvalue weighted by molar-refractivity contribution is -0.112. The number of halogens is 1. The predicted molar refractivity (Wildman–Crippen MR) is 84.0 cm³/mol. The first kappa shape index (κ1) is 14.5. The van der Waals surface area contributed by atoms with Gasteiger partial charge in [0.25, 0.3) is 0 Å². The molecule has 2 fully saturated rings. The van der Waals surface area contributed by atoms with Crippen LogP contribution in [0.2, 0.25) is 0 Å². The molecule has 0 radical (unpaired) electrons. The van der Waals surface area contributed by atoms with Gasteiger partial charge in [-0.1, -0.05) is 13.0 Å². The standard InChI is InChI=1S/C19H25FO2/c1-18-9-7-15-14-5-4-13(22-2)11-12(14)3-6-16(15)19(18,20)10-8-17(18)21/h4-5,11,15-17,21H,3,6-10H2,1-2H3/t15-,16-,17-,18-,19+/m1/s1. The summed E-state index contributed by atoms with van der Waals surface area (Å²) in [5.41, 5.74) is 0.898. The zero-order valence-corrected chi connectivity index (χ0v) is 13.4. The minimum absolute atomic E-state index is 0.0595. The Labute approximate surface area is 131 Å². The molecule has 1 N–H and O–H groups in total. The van der Waals surface area contributed by atoms with Gasteiger partial charge in [0.2, 0.25) is 0 Å².